The van der Waals surface area contributed by atoms with Crippen molar-refractivity contribution in [3.05, 3.63) is 27.0 Å². The number of hydrogen-bond donors (Lipinski definition) is 0. The van der Waals surface area contributed by atoms with Crippen molar-refractivity contribution in [3.63, 3.8) is 0 Å². The first kappa shape index (κ1) is 14.2. The molecule has 0 atom stereocenters. The van der Waals surface area contributed by atoms with Gasteiger partial charge in [-0.2, -0.15) is 0 Å². The van der Waals surface area contributed by atoms with Crippen LogP contribution >= 0.6 is 22.6 Å². The van der Waals surface area contributed by atoms with Crippen molar-refractivity contribution in [1.82, 2.24) is 9.97 Å². The van der Waals surface area contributed by atoms with Gasteiger partial charge in [-0.25, -0.2) is 14.4 Å². The summed E-state index contributed by atoms with van der Waals surface area (Å²) in [7, 11) is 0. The highest BCUT2D eigenvalue weighted by Gasteiger charge is 2.32. The van der Waals surface area contributed by atoms with Crippen LogP contribution in [0.4, 0.5) is 17.6 Å². The van der Waals surface area contributed by atoms with Gasteiger partial charge in [0.2, 0.25) is 0 Å². The van der Waals surface area contributed by atoms with Gasteiger partial charge >= 0.3 is 6.36 Å². The first-order valence-corrected chi connectivity index (χ1v) is 6.15. The number of rotatable bonds is 1. The average Bonchev–Trinajstić information content (AvgIpc) is 2.25. The van der Waals surface area contributed by atoms with E-state index in [4.69, 9.17) is 0 Å². The lowest BCUT2D eigenvalue weighted by molar-refractivity contribution is -0.274. The first-order chi connectivity index (χ1) is 8.69. The maximum atomic E-state index is 14.1. The van der Waals surface area contributed by atoms with E-state index >= 15 is 0 Å². The summed E-state index contributed by atoms with van der Waals surface area (Å²) in [5.74, 6) is -1.07. The van der Waals surface area contributed by atoms with Crippen LogP contribution in [-0.2, 0) is 0 Å². The van der Waals surface area contributed by atoms with Gasteiger partial charge in [-0.1, -0.05) is 0 Å². The average molecular weight is 386 g/mol. The smallest absolute Gasteiger partial charge is 0.405 e. The van der Waals surface area contributed by atoms with Crippen LogP contribution in [0.25, 0.3) is 10.9 Å². The largest absolute Gasteiger partial charge is 0.573 e. The van der Waals surface area contributed by atoms with E-state index in [1.54, 1.807) is 6.92 Å². The molecule has 2 rings (SSSR count). The normalized spacial score (nSPS) is 11.9. The van der Waals surface area contributed by atoms with Crippen molar-refractivity contribution in [1.29, 1.82) is 0 Å². The molecule has 0 N–H and O–H groups in total. The Bertz CT molecular complexity index is 657. The van der Waals surface area contributed by atoms with Crippen molar-refractivity contribution >= 4 is 33.5 Å². The molecule has 0 saturated heterocycles. The summed E-state index contributed by atoms with van der Waals surface area (Å²) in [6, 6.07) is 1.10. The summed E-state index contributed by atoms with van der Waals surface area (Å²) in [5.41, 5.74) is -0.248. The van der Waals surface area contributed by atoms with Gasteiger partial charge in [0.15, 0.2) is 5.82 Å². The summed E-state index contributed by atoms with van der Waals surface area (Å²) in [6.45, 7) is 2.79. The molecule has 0 bridgehead atoms. The highest BCUT2D eigenvalue weighted by molar-refractivity contribution is 14.1. The molecule has 0 amide bonds. The van der Waals surface area contributed by atoms with Crippen LogP contribution in [0, 0.1) is 23.4 Å². The second-order valence-corrected chi connectivity index (χ2v) is 4.84. The Balaban J connectivity index is 2.73. The molecule has 0 unspecified atom stereocenters. The molecule has 0 spiro atoms. The Hall–Kier alpha value is -1.19. The molecule has 1 aromatic heterocycles. The molecule has 19 heavy (non-hydrogen) atoms. The van der Waals surface area contributed by atoms with Gasteiger partial charge in [0.05, 0.1) is 0 Å². The first-order valence-electron chi connectivity index (χ1n) is 5.07. The fourth-order valence-electron chi connectivity index (χ4n) is 1.60. The maximum absolute atomic E-state index is 14.1. The number of hydrogen-bond acceptors (Lipinski definition) is 3. The lowest BCUT2D eigenvalue weighted by Crippen LogP contribution is -2.18. The zero-order valence-corrected chi connectivity index (χ0v) is 11.9. The number of alkyl halides is 3. The Morgan fingerprint density at radius 2 is 1.84 bits per heavy atom. The Kier molecular flexibility index (Phi) is 3.54. The molecule has 8 heteroatoms. The van der Waals surface area contributed by atoms with Crippen LogP contribution in [0.3, 0.4) is 0 Å². The fraction of sp³-hybridized carbons (Fsp3) is 0.273. The molecule has 0 aliphatic heterocycles. The molecule has 1 aromatic carbocycles. The quantitative estimate of drug-likeness (QED) is 0.424. The van der Waals surface area contributed by atoms with E-state index in [2.05, 4.69) is 14.7 Å². The van der Waals surface area contributed by atoms with E-state index in [1.165, 1.54) is 6.92 Å². The third-order valence-electron chi connectivity index (χ3n) is 2.42. The zero-order chi connectivity index (χ0) is 14.4. The molecule has 0 aliphatic rings. The van der Waals surface area contributed by atoms with Crippen LogP contribution in [0.1, 0.15) is 11.4 Å². The van der Waals surface area contributed by atoms with Gasteiger partial charge in [-0.05, 0) is 42.5 Å². The number of nitrogens with zero attached hydrogens (tertiary/aromatic N) is 2. The number of aromatic nitrogens is 2. The van der Waals surface area contributed by atoms with E-state index < -0.39 is 17.9 Å². The second kappa shape index (κ2) is 4.73. The van der Waals surface area contributed by atoms with Gasteiger partial charge in [0, 0.05) is 10.9 Å². The summed E-state index contributed by atoms with van der Waals surface area (Å²) >= 11 is 1.81. The number of ether oxygens (including phenoxy) is 1. The summed E-state index contributed by atoms with van der Waals surface area (Å²) in [6.07, 6.45) is -4.87. The van der Waals surface area contributed by atoms with Crippen molar-refractivity contribution in [2.24, 2.45) is 0 Å². The standard InChI is InChI=1S/C11H7F4IN2O/c1-4-7(19-11(13,14)15)3-6-9(8(4)12)17-5(2)18-10(6)16/h3H,1-2H3. The van der Waals surface area contributed by atoms with Gasteiger partial charge < -0.3 is 4.74 Å². The van der Waals surface area contributed by atoms with Crippen LogP contribution in [0.2, 0.25) is 0 Å². The molecular weight excluding hydrogens is 379 g/mol. The van der Waals surface area contributed by atoms with E-state index in [-0.39, 0.29) is 16.5 Å². The lowest BCUT2D eigenvalue weighted by Gasteiger charge is -2.13. The lowest BCUT2D eigenvalue weighted by atomic mass is 10.1. The van der Waals surface area contributed by atoms with Crippen molar-refractivity contribution in [2.45, 2.75) is 20.2 Å². The van der Waals surface area contributed by atoms with Gasteiger partial charge in [0.1, 0.15) is 20.8 Å². The molecule has 102 valence electrons. The van der Waals surface area contributed by atoms with Gasteiger partial charge in [0.25, 0.3) is 0 Å². The molecule has 0 saturated carbocycles. The second-order valence-electron chi connectivity index (χ2n) is 3.82. The Labute approximate surface area is 119 Å². The number of halogens is 5. The summed E-state index contributed by atoms with van der Waals surface area (Å²) in [5, 5.41) is 0.188. The van der Waals surface area contributed by atoms with Gasteiger partial charge in [-0.15, -0.1) is 13.2 Å². The van der Waals surface area contributed by atoms with Gasteiger partial charge in [-0.3, -0.25) is 0 Å². The van der Waals surface area contributed by atoms with Crippen LogP contribution in [-0.4, -0.2) is 16.3 Å². The Morgan fingerprint density at radius 1 is 1.21 bits per heavy atom. The predicted octanol–water partition coefficient (Wildman–Crippen LogP) is 3.89. The molecule has 2 aromatic rings. The molecule has 1 heterocycles. The minimum atomic E-state index is -4.87. The third kappa shape index (κ3) is 2.88. The van der Waals surface area contributed by atoms with Crippen molar-refractivity contribution in [3.8, 4) is 5.75 Å². The summed E-state index contributed by atoms with van der Waals surface area (Å²) in [4.78, 5) is 7.89. The molecule has 0 aliphatic carbocycles. The van der Waals surface area contributed by atoms with E-state index in [0.29, 0.717) is 9.53 Å². The zero-order valence-electron chi connectivity index (χ0n) is 9.77. The predicted molar refractivity (Wildman–Crippen MR) is 68.4 cm³/mol. The number of benzene rings is 1. The molecule has 0 radical (unpaired) electrons. The summed E-state index contributed by atoms with van der Waals surface area (Å²) < 4.78 is 54.9. The fourth-order valence-corrected chi connectivity index (χ4v) is 2.36. The van der Waals surface area contributed by atoms with Crippen molar-refractivity contribution < 1.29 is 22.3 Å². The van der Waals surface area contributed by atoms with Crippen LogP contribution in [0.5, 0.6) is 5.75 Å². The maximum Gasteiger partial charge on any atom is 0.573 e. The molecule has 3 nitrogen and oxygen atoms in total. The minimum absolute atomic E-state index is 0.0103. The third-order valence-corrected chi connectivity index (χ3v) is 3.24. The van der Waals surface area contributed by atoms with E-state index in [9.17, 15) is 17.6 Å². The van der Waals surface area contributed by atoms with E-state index in [0.717, 1.165) is 6.07 Å². The highest BCUT2D eigenvalue weighted by atomic mass is 127. The SMILES string of the molecule is Cc1nc(I)c2cc(OC(F)(F)F)c(C)c(F)c2n1. The topological polar surface area (TPSA) is 35.0 Å². The number of fused-ring (bicyclic) bond motifs is 1. The Morgan fingerprint density at radius 3 is 2.42 bits per heavy atom. The molecule has 0 fully saturated rings. The van der Waals surface area contributed by atoms with Crippen molar-refractivity contribution in [2.75, 3.05) is 0 Å². The molecular formula is C11H7F4IN2O. The monoisotopic (exact) mass is 386 g/mol. The number of aryl methyl sites for hydroxylation is 1. The van der Waals surface area contributed by atoms with Crippen LogP contribution in [0.15, 0.2) is 6.07 Å². The minimum Gasteiger partial charge on any atom is -0.405 e. The van der Waals surface area contributed by atoms with Crippen LogP contribution < -0.4 is 4.74 Å². The van der Waals surface area contributed by atoms with E-state index in [1.807, 2.05) is 22.6 Å². The highest BCUT2D eigenvalue weighted by Crippen LogP contribution is 2.33.